The van der Waals surface area contributed by atoms with Gasteiger partial charge in [0.1, 0.15) is 12.2 Å². The number of aromatic nitrogens is 4. The normalized spacial score (nSPS) is 20.1. The number of likely N-dealkylation sites (tertiary alicyclic amines) is 1. The van der Waals surface area contributed by atoms with Gasteiger partial charge in [0.2, 0.25) is 0 Å². The fourth-order valence-electron chi connectivity index (χ4n) is 2.94. The molecule has 1 saturated heterocycles. The van der Waals surface area contributed by atoms with Crippen molar-refractivity contribution in [3.05, 3.63) is 42.2 Å². The van der Waals surface area contributed by atoms with E-state index in [1.807, 2.05) is 16.9 Å². The fourth-order valence-corrected chi connectivity index (χ4v) is 2.94. The fraction of sp³-hybridized carbons (Fsp3) is 0.533. The molecular weight excluding hydrogens is 250 g/mol. The number of hydrogen-bond donors (Lipinski definition) is 0. The minimum absolute atomic E-state index is 0.409. The molecule has 0 bridgehead atoms. The second kappa shape index (κ2) is 6.13. The van der Waals surface area contributed by atoms with Crippen molar-refractivity contribution in [1.82, 2.24) is 24.6 Å². The van der Waals surface area contributed by atoms with Gasteiger partial charge in [-0.3, -0.25) is 9.88 Å². The summed E-state index contributed by atoms with van der Waals surface area (Å²) in [6, 6.07) is 6.59. The molecule has 1 aliphatic rings. The molecule has 106 valence electrons. The van der Waals surface area contributed by atoms with Gasteiger partial charge in [-0.15, -0.1) is 0 Å². The molecule has 1 fully saturated rings. The molecule has 1 aliphatic heterocycles. The van der Waals surface area contributed by atoms with E-state index in [-0.39, 0.29) is 0 Å². The Hall–Kier alpha value is -1.75. The van der Waals surface area contributed by atoms with Crippen molar-refractivity contribution in [2.45, 2.75) is 45.3 Å². The van der Waals surface area contributed by atoms with E-state index >= 15 is 0 Å². The highest BCUT2D eigenvalue weighted by atomic mass is 15.3. The van der Waals surface area contributed by atoms with Crippen molar-refractivity contribution >= 4 is 0 Å². The van der Waals surface area contributed by atoms with Crippen LogP contribution in [-0.2, 0) is 13.1 Å². The lowest BCUT2D eigenvalue weighted by molar-refractivity contribution is 0.131. The number of rotatable bonds is 4. The lowest BCUT2D eigenvalue weighted by Crippen LogP contribution is -2.34. The van der Waals surface area contributed by atoms with Gasteiger partial charge in [0.15, 0.2) is 0 Å². The van der Waals surface area contributed by atoms with Crippen LogP contribution < -0.4 is 0 Å². The summed E-state index contributed by atoms with van der Waals surface area (Å²) in [5.41, 5.74) is 1.18. The zero-order valence-electron chi connectivity index (χ0n) is 11.9. The molecule has 0 radical (unpaired) electrons. The van der Waals surface area contributed by atoms with Crippen LogP contribution in [0.25, 0.3) is 0 Å². The average Bonchev–Trinajstić information content (AvgIpc) is 2.96. The molecule has 5 heteroatoms. The summed E-state index contributed by atoms with van der Waals surface area (Å²) in [6.45, 7) is 4.94. The predicted octanol–water partition coefficient (Wildman–Crippen LogP) is 2.42. The minimum Gasteiger partial charge on any atom is -0.287 e. The number of pyridine rings is 1. The largest absolute Gasteiger partial charge is 0.287 e. The van der Waals surface area contributed by atoms with Crippen LogP contribution >= 0.6 is 0 Å². The summed E-state index contributed by atoms with van der Waals surface area (Å²) in [7, 11) is 0. The van der Waals surface area contributed by atoms with Gasteiger partial charge in [0.05, 0.1) is 18.3 Å². The molecule has 20 heavy (non-hydrogen) atoms. The second-order valence-corrected chi connectivity index (χ2v) is 5.23. The molecular formula is C15H21N5. The Labute approximate surface area is 119 Å². The Morgan fingerprint density at radius 2 is 2.20 bits per heavy atom. The Bertz CT molecular complexity index is 536. The van der Waals surface area contributed by atoms with Crippen LogP contribution in [0.2, 0.25) is 0 Å². The van der Waals surface area contributed by atoms with E-state index in [0.717, 1.165) is 25.5 Å². The first kappa shape index (κ1) is 13.2. The first-order valence-corrected chi connectivity index (χ1v) is 7.40. The maximum atomic E-state index is 4.54. The van der Waals surface area contributed by atoms with Crippen LogP contribution in [0, 0.1) is 0 Å². The maximum absolute atomic E-state index is 4.54. The van der Waals surface area contributed by atoms with E-state index in [9.17, 15) is 0 Å². The summed E-state index contributed by atoms with van der Waals surface area (Å²) in [4.78, 5) is 11.4. The summed E-state index contributed by atoms with van der Waals surface area (Å²) in [5.74, 6) is 1.05. The topological polar surface area (TPSA) is 46.8 Å². The third kappa shape index (κ3) is 2.72. The minimum atomic E-state index is 0.409. The molecule has 1 atom stereocenters. The molecule has 0 N–H and O–H groups in total. The number of piperidine rings is 1. The lowest BCUT2D eigenvalue weighted by atomic mass is 9.99. The Balaban J connectivity index is 1.79. The molecule has 0 spiro atoms. The lowest BCUT2D eigenvalue weighted by Gasteiger charge is -2.34. The first-order chi connectivity index (χ1) is 9.88. The van der Waals surface area contributed by atoms with Crippen LogP contribution in [0.4, 0.5) is 0 Å². The van der Waals surface area contributed by atoms with Crippen molar-refractivity contribution < 1.29 is 0 Å². The van der Waals surface area contributed by atoms with Crippen molar-refractivity contribution in [2.24, 2.45) is 0 Å². The van der Waals surface area contributed by atoms with Gasteiger partial charge < -0.3 is 0 Å². The van der Waals surface area contributed by atoms with E-state index in [1.54, 1.807) is 6.33 Å². The molecule has 0 amide bonds. The third-order valence-electron chi connectivity index (χ3n) is 3.98. The van der Waals surface area contributed by atoms with E-state index in [2.05, 4.69) is 39.0 Å². The number of nitrogens with zero attached hydrogens (tertiary/aromatic N) is 5. The van der Waals surface area contributed by atoms with Gasteiger partial charge in [-0.1, -0.05) is 12.5 Å². The van der Waals surface area contributed by atoms with Crippen molar-refractivity contribution in [3.8, 4) is 0 Å². The Morgan fingerprint density at radius 1 is 1.25 bits per heavy atom. The molecule has 0 aliphatic carbocycles. The van der Waals surface area contributed by atoms with Crippen LogP contribution in [-0.4, -0.2) is 31.2 Å². The van der Waals surface area contributed by atoms with E-state index < -0.39 is 0 Å². The highest BCUT2D eigenvalue weighted by Crippen LogP contribution is 2.30. The first-order valence-electron chi connectivity index (χ1n) is 7.40. The van der Waals surface area contributed by atoms with Gasteiger partial charge >= 0.3 is 0 Å². The molecule has 0 aromatic carbocycles. The molecule has 5 nitrogen and oxygen atoms in total. The third-order valence-corrected chi connectivity index (χ3v) is 3.98. The number of hydrogen-bond acceptors (Lipinski definition) is 4. The van der Waals surface area contributed by atoms with Gasteiger partial charge in [-0.2, -0.15) is 5.10 Å². The van der Waals surface area contributed by atoms with Crippen LogP contribution in [0.5, 0.6) is 0 Å². The molecule has 3 heterocycles. The smallest absolute Gasteiger partial charge is 0.141 e. The van der Waals surface area contributed by atoms with Gasteiger partial charge in [0.25, 0.3) is 0 Å². The van der Waals surface area contributed by atoms with E-state index in [4.69, 9.17) is 0 Å². The number of aryl methyl sites for hydroxylation is 1. The SMILES string of the molecule is CCn1ncnc1CN1CCCC[C@@H]1c1ccccn1. The molecule has 2 aromatic heterocycles. The zero-order chi connectivity index (χ0) is 13.8. The molecule has 0 saturated carbocycles. The monoisotopic (exact) mass is 271 g/mol. The Kier molecular flexibility index (Phi) is 4.06. The van der Waals surface area contributed by atoms with Crippen LogP contribution in [0.15, 0.2) is 30.7 Å². The van der Waals surface area contributed by atoms with Crippen LogP contribution in [0.3, 0.4) is 0 Å². The second-order valence-electron chi connectivity index (χ2n) is 5.23. The molecule has 3 rings (SSSR count). The van der Waals surface area contributed by atoms with Gasteiger partial charge in [0, 0.05) is 12.7 Å². The average molecular weight is 271 g/mol. The summed E-state index contributed by atoms with van der Waals surface area (Å²) in [6.07, 6.45) is 7.24. The standard InChI is InChI=1S/C15H21N5/c1-2-20-15(17-12-18-20)11-19-10-6-4-8-14(19)13-7-3-5-9-16-13/h3,5,7,9,12,14H,2,4,6,8,10-11H2,1H3/t14-/m1/s1. The highest BCUT2D eigenvalue weighted by Gasteiger charge is 2.25. The van der Waals surface area contributed by atoms with Crippen molar-refractivity contribution in [2.75, 3.05) is 6.54 Å². The van der Waals surface area contributed by atoms with Crippen LogP contribution in [0.1, 0.15) is 43.7 Å². The Morgan fingerprint density at radius 3 is 3.00 bits per heavy atom. The maximum Gasteiger partial charge on any atom is 0.141 e. The van der Waals surface area contributed by atoms with E-state index in [0.29, 0.717) is 6.04 Å². The van der Waals surface area contributed by atoms with E-state index in [1.165, 1.54) is 25.0 Å². The van der Waals surface area contributed by atoms with Crippen molar-refractivity contribution in [1.29, 1.82) is 0 Å². The predicted molar refractivity (Wildman–Crippen MR) is 76.9 cm³/mol. The molecule has 2 aromatic rings. The zero-order valence-corrected chi connectivity index (χ0v) is 11.9. The summed E-state index contributed by atoms with van der Waals surface area (Å²) < 4.78 is 1.98. The van der Waals surface area contributed by atoms with Gasteiger partial charge in [-0.25, -0.2) is 9.67 Å². The quantitative estimate of drug-likeness (QED) is 0.857. The summed E-state index contributed by atoms with van der Waals surface area (Å²) >= 11 is 0. The summed E-state index contributed by atoms with van der Waals surface area (Å²) in [5, 5.41) is 4.26. The van der Waals surface area contributed by atoms with Crippen molar-refractivity contribution in [3.63, 3.8) is 0 Å². The van der Waals surface area contributed by atoms with Gasteiger partial charge in [-0.05, 0) is 38.4 Å². The molecule has 0 unspecified atom stereocenters. The highest BCUT2D eigenvalue weighted by molar-refractivity contribution is 5.10.